The van der Waals surface area contributed by atoms with Crippen molar-refractivity contribution < 1.29 is 0 Å². The van der Waals surface area contributed by atoms with Gasteiger partial charge in [0.1, 0.15) is 0 Å². The van der Waals surface area contributed by atoms with Gasteiger partial charge in [0.05, 0.1) is 25.2 Å². The van der Waals surface area contributed by atoms with Crippen molar-refractivity contribution in [2.45, 2.75) is 31.7 Å². The smallest absolute Gasteiger partial charge is 0.0876 e. The minimum Gasteiger partial charge on any atom is -0.274 e. The molecule has 0 bridgehead atoms. The van der Waals surface area contributed by atoms with Crippen LogP contribution in [0.1, 0.15) is 25.7 Å². The summed E-state index contributed by atoms with van der Waals surface area (Å²) in [5.74, 6) is 0. The number of hydrogen-bond donors (Lipinski definition) is 0. The fraction of sp³-hybridized carbons (Fsp3) is 0.778. The van der Waals surface area contributed by atoms with Gasteiger partial charge >= 0.3 is 0 Å². The molecule has 0 unspecified atom stereocenters. The second kappa shape index (κ2) is 4.74. The number of rotatable bonds is 3. The molecule has 0 radical (unpaired) electrons. The lowest BCUT2D eigenvalue weighted by Gasteiger charge is -2.22. The average Bonchev–Trinajstić information content (AvgIpc) is 2.56. The minimum absolute atomic E-state index is 0.401. The zero-order valence-electron chi connectivity index (χ0n) is 7.16. The van der Waals surface area contributed by atoms with Crippen molar-refractivity contribution in [3.8, 4) is 12.1 Å². The molecule has 0 aromatic heterocycles. The third-order valence-corrected chi connectivity index (χ3v) is 2.39. The molecule has 0 amide bonds. The molecule has 12 heavy (non-hydrogen) atoms. The van der Waals surface area contributed by atoms with E-state index in [9.17, 15) is 0 Å². The maximum absolute atomic E-state index is 8.52. The summed E-state index contributed by atoms with van der Waals surface area (Å²) in [6, 6.07) is 4.70. The third-order valence-electron chi connectivity index (χ3n) is 2.39. The third kappa shape index (κ3) is 2.22. The molecule has 0 heterocycles. The van der Waals surface area contributed by atoms with Gasteiger partial charge in [0, 0.05) is 6.04 Å². The molecular weight excluding hydrogens is 150 g/mol. The quantitative estimate of drug-likeness (QED) is 0.589. The number of nitriles is 2. The minimum atomic E-state index is 0.401. The maximum atomic E-state index is 8.52. The van der Waals surface area contributed by atoms with Crippen LogP contribution in [0.25, 0.3) is 0 Å². The van der Waals surface area contributed by atoms with Crippen LogP contribution in [0.2, 0.25) is 0 Å². The van der Waals surface area contributed by atoms with E-state index in [0.717, 1.165) is 12.8 Å². The lowest BCUT2D eigenvalue weighted by Crippen LogP contribution is -2.33. The highest BCUT2D eigenvalue weighted by Gasteiger charge is 2.21. The van der Waals surface area contributed by atoms with Crippen molar-refractivity contribution in [1.29, 1.82) is 10.5 Å². The topological polar surface area (TPSA) is 50.8 Å². The molecule has 0 aromatic carbocycles. The van der Waals surface area contributed by atoms with Crippen LogP contribution in [-0.2, 0) is 0 Å². The van der Waals surface area contributed by atoms with Crippen LogP contribution in [-0.4, -0.2) is 24.0 Å². The van der Waals surface area contributed by atoms with Crippen molar-refractivity contribution in [3.63, 3.8) is 0 Å². The van der Waals surface area contributed by atoms with Gasteiger partial charge in [-0.05, 0) is 12.8 Å². The summed E-state index contributed by atoms with van der Waals surface area (Å²) >= 11 is 0. The molecule has 1 aliphatic carbocycles. The van der Waals surface area contributed by atoms with Crippen molar-refractivity contribution in [2.75, 3.05) is 13.1 Å². The number of nitrogens with zero attached hydrogens (tertiary/aromatic N) is 3. The summed E-state index contributed by atoms with van der Waals surface area (Å²) in [6.45, 7) is 0.802. The van der Waals surface area contributed by atoms with E-state index >= 15 is 0 Å². The fourth-order valence-corrected chi connectivity index (χ4v) is 1.77. The highest BCUT2D eigenvalue weighted by molar-refractivity contribution is 4.89. The van der Waals surface area contributed by atoms with Crippen LogP contribution in [0.3, 0.4) is 0 Å². The van der Waals surface area contributed by atoms with Gasteiger partial charge in [0.25, 0.3) is 0 Å². The largest absolute Gasteiger partial charge is 0.274 e. The van der Waals surface area contributed by atoms with E-state index in [1.807, 2.05) is 4.90 Å². The van der Waals surface area contributed by atoms with Gasteiger partial charge in [0.15, 0.2) is 0 Å². The van der Waals surface area contributed by atoms with E-state index in [1.54, 1.807) is 0 Å². The zero-order valence-corrected chi connectivity index (χ0v) is 7.16. The van der Waals surface area contributed by atoms with Crippen molar-refractivity contribution in [1.82, 2.24) is 4.90 Å². The molecule has 64 valence electrons. The van der Waals surface area contributed by atoms with Crippen LogP contribution >= 0.6 is 0 Å². The Morgan fingerprint density at radius 3 is 2.00 bits per heavy atom. The second-order valence-corrected chi connectivity index (χ2v) is 3.16. The molecule has 1 fully saturated rings. The van der Waals surface area contributed by atoms with E-state index in [4.69, 9.17) is 10.5 Å². The van der Waals surface area contributed by atoms with E-state index in [-0.39, 0.29) is 0 Å². The van der Waals surface area contributed by atoms with Crippen LogP contribution in [0, 0.1) is 22.7 Å². The molecule has 0 spiro atoms. The molecule has 1 rings (SSSR count). The summed E-state index contributed by atoms with van der Waals surface area (Å²) in [5.41, 5.74) is 0. The molecule has 0 atom stereocenters. The maximum Gasteiger partial charge on any atom is 0.0876 e. The zero-order chi connectivity index (χ0) is 8.81. The molecule has 3 heteroatoms. The van der Waals surface area contributed by atoms with Gasteiger partial charge < -0.3 is 0 Å². The Balaban J connectivity index is 2.42. The Kier molecular flexibility index (Phi) is 3.57. The van der Waals surface area contributed by atoms with Gasteiger partial charge in [-0.25, -0.2) is 0 Å². The van der Waals surface area contributed by atoms with Gasteiger partial charge in [-0.2, -0.15) is 10.5 Å². The SMILES string of the molecule is N#CCN(CC#N)C1CCCC1. The van der Waals surface area contributed by atoms with Crippen LogP contribution in [0.5, 0.6) is 0 Å². The molecule has 0 N–H and O–H groups in total. The van der Waals surface area contributed by atoms with E-state index < -0.39 is 0 Å². The molecule has 0 aromatic rings. The molecule has 0 saturated heterocycles. The first-order valence-electron chi connectivity index (χ1n) is 4.36. The summed E-state index contributed by atoms with van der Waals surface area (Å²) in [6.07, 6.45) is 4.81. The van der Waals surface area contributed by atoms with Gasteiger partial charge in [-0.1, -0.05) is 12.8 Å². The predicted octanol–water partition coefficient (Wildman–Crippen LogP) is 1.28. The standard InChI is InChI=1S/C9H13N3/c10-5-7-12(8-6-11)9-3-1-2-4-9/h9H,1-4,7-8H2. The Bertz CT molecular complexity index is 189. The molecule has 0 aliphatic heterocycles. The summed E-state index contributed by atoms with van der Waals surface area (Å²) < 4.78 is 0. The van der Waals surface area contributed by atoms with E-state index in [2.05, 4.69) is 12.1 Å². The summed E-state index contributed by atoms with van der Waals surface area (Å²) in [4.78, 5) is 1.98. The Morgan fingerprint density at radius 2 is 1.58 bits per heavy atom. The first-order chi connectivity index (χ1) is 5.88. The van der Waals surface area contributed by atoms with Gasteiger partial charge in [-0.15, -0.1) is 0 Å². The van der Waals surface area contributed by atoms with Crippen LogP contribution in [0.4, 0.5) is 0 Å². The molecular formula is C9H13N3. The monoisotopic (exact) mass is 163 g/mol. The second-order valence-electron chi connectivity index (χ2n) is 3.16. The Morgan fingerprint density at radius 1 is 1.08 bits per heavy atom. The Hall–Kier alpha value is -1.06. The number of hydrogen-bond acceptors (Lipinski definition) is 3. The lowest BCUT2D eigenvalue weighted by atomic mass is 10.2. The summed E-state index contributed by atoms with van der Waals surface area (Å²) in [7, 11) is 0. The highest BCUT2D eigenvalue weighted by atomic mass is 15.1. The fourth-order valence-electron chi connectivity index (χ4n) is 1.77. The average molecular weight is 163 g/mol. The van der Waals surface area contributed by atoms with Crippen molar-refractivity contribution in [3.05, 3.63) is 0 Å². The molecule has 3 nitrogen and oxygen atoms in total. The normalized spacial score (nSPS) is 17.6. The lowest BCUT2D eigenvalue weighted by molar-refractivity contribution is 0.249. The first-order valence-corrected chi connectivity index (χ1v) is 4.36. The van der Waals surface area contributed by atoms with E-state index in [1.165, 1.54) is 12.8 Å². The molecule has 1 aliphatic rings. The van der Waals surface area contributed by atoms with E-state index in [0.29, 0.717) is 19.1 Å². The van der Waals surface area contributed by atoms with Gasteiger partial charge in [-0.3, -0.25) is 4.90 Å². The first kappa shape index (κ1) is 9.03. The van der Waals surface area contributed by atoms with Crippen molar-refractivity contribution >= 4 is 0 Å². The van der Waals surface area contributed by atoms with Gasteiger partial charge in [0.2, 0.25) is 0 Å². The van der Waals surface area contributed by atoms with Crippen LogP contribution < -0.4 is 0 Å². The van der Waals surface area contributed by atoms with Crippen LogP contribution in [0.15, 0.2) is 0 Å². The molecule has 1 saturated carbocycles. The Labute approximate surface area is 73.2 Å². The predicted molar refractivity (Wildman–Crippen MR) is 45.1 cm³/mol. The summed E-state index contributed by atoms with van der Waals surface area (Å²) in [5, 5.41) is 17.0. The van der Waals surface area contributed by atoms with Crippen molar-refractivity contribution in [2.24, 2.45) is 0 Å². The highest BCUT2D eigenvalue weighted by Crippen LogP contribution is 2.22.